The van der Waals surface area contributed by atoms with E-state index in [2.05, 4.69) is 10.6 Å². The van der Waals surface area contributed by atoms with Gasteiger partial charge in [-0.25, -0.2) is 4.98 Å². The molecule has 1 amide bonds. The first kappa shape index (κ1) is 27.3. The molecule has 0 unspecified atom stereocenters. The highest BCUT2D eigenvalue weighted by Crippen LogP contribution is 2.46. The van der Waals surface area contributed by atoms with Gasteiger partial charge in [-0.2, -0.15) is 0 Å². The molecular weight excluding hydrogens is 560 g/mol. The Bertz CT molecular complexity index is 1720. The highest BCUT2D eigenvalue weighted by Gasteiger charge is 2.27. The molecule has 0 radical (unpaired) electrons. The highest BCUT2D eigenvalue weighted by atomic mass is 32.1. The van der Waals surface area contributed by atoms with Crippen molar-refractivity contribution < 1.29 is 33.1 Å². The van der Waals surface area contributed by atoms with E-state index in [0.29, 0.717) is 64.3 Å². The van der Waals surface area contributed by atoms with Crippen LogP contribution in [0.2, 0.25) is 0 Å². The second-order valence-electron chi connectivity index (χ2n) is 9.37. The van der Waals surface area contributed by atoms with Gasteiger partial charge < -0.3 is 24.7 Å². The third kappa shape index (κ3) is 5.03. The van der Waals surface area contributed by atoms with E-state index >= 15 is 0 Å². The Morgan fingerprint density at radius 3 is 2.40 bits per heavy atom. The van der Waals surface area contributed by atoms with Crippen LogP contribution in [0.25, 0.3) is 32.6 Å². The van der Waals surface area contributed by atoms with Gasteiger partial charge in [-0.15, -0.1) is 16.3 Å². The van der Waals surface area contributed by atoms with Crippen molar-refractivity contribution in [2.24, 2.45) is 0 Å². The number of rotatable bonds is 8. The van der Waals surface area contributed by atoms with E-state index < -0.39 is 5.91 Å². The Balaban J connectivity index is 1.44. The molecule has 12 nitrogen and oxygen atoms in total. The molecule has 0 aliphatic carbocycles. The van der Waals surface area contributed by atoms with Gasteiger partial charge in [-0.05, 0) is 29.3 Å². The normalized spacial score (nSPS) is 13.3. The zero-order valence-corrected chi connectivity index (χ0v) is 24.1. The summed E-state index contributed by atoms with van der Waals surface area (Å²) < 4.78 is 27.5. The number of nitrogens with one attached hydrogen (secondary N) is 1. The van der Waals surface area contributed by atoms with E-state index in [-0.39, 0.29) is 5.88 Å². The number of fused-ring (bicyclic) bond motifs is 1. The summed E-state index contributed by atoms with van der Waals surface area (Å²) in [5.74, 6) is 1.20. The average Bonchev–Trinajstić information content (AvgIpc) is 3.64. The molecule has 4 heterocycles. The molecule has 0 atom stereocenters. The van der Waals surface area contributed by atoms with Gasteiger partial charge in [0.2, 0.25) is 11.0 Å². The van der Waals surface area contributed by atoms with Crippen molar-refractivity contribution in [1.29, 1.82) is 0 Å². The molecule has 1 aliphatic rings. The maximum Gasteiger partial charge on any atom is 0.306 e. The van der Waals surface area contributed by atoms with Crippen molar-refractivity contribution in [3.05, 3.63) is 59.6 Å². The Kier molecular flexibility index (Phi) is 7.50. The zero-order valence-electron chi connectivity index (χ0n) is 23.2. The summed E-state index contributed by atoms with van der Waals surface area (Å²) >= 11 is 1.20. The third-order valence-electron chi connectivity index (χ3n) is 6.92. The topological polar surface area (TPSA) is 138 Å². The molecule has 3 N–H and O–H groups in total. The second kappa shape index (κ2) is 11.5. The second-order valence-corrected chi connectivity index (χ2v) is 10.4. The lowest BCUT2D eigenvalue weighted by Gasteiger charge is -2.18. The van der Waals surface area contributed by atoms with E-state index in [1.807, 2.05) is 53.5 Å². The van der Waals surface area contributed by atoms with Gasteiger partial charge in [-0.1, -0.05) is 30.3 Å². The van der Waals surface area contributed by atoms with Crippen LogP contribution in [0, 0.1) is 0 Å². The summed E-state index contributed by atoms with van der Waals surface area (Å²) in [6.07, 6.45) is 1.61. The summed E-state index contributed by atoms with van der Waals surface area (Å²) in [5, 5.41) is 9.39. The lowest BCUT2D eigenvalue weighted by molar-refractivity contribution is -0.759. The number of carbonyl (C=O) groups is 1. The molecule has 1 aliphatic heterocycles. The number of benzene rings is 2. The number of amides is 1. The molecule has 6 rings (SSSR count). The van der Waals surface area contributed by atoms with E-state index in [1.165, 1.54) is 11.3 Å². The van der Waals surface area contributed by atoms with Crippen molar-refractivity contribution in [1.82, 2.24) is 10.3 Å². The minimum absolute atomic E-state index is 0.186. The highest BCUT2D eigenvalue weighted by molar-refractivity contribution is 7.21. The Hall–Kier alpha value is -4.88. The largest absolute Gasteiger partial charge is 0.493 e. The molecule has 216 valence electrons. The molecule has 0 saturated carbocycles. The molecule has 13 heteroatoms. The number of nitrogen functional groups attached to an aromatic ring is 1. The van der Waals surface area contributed by atoms with Gasteiger partial charge in [0.05, 0.1) is 63.8 Å². The molecular formula is C29H29N6O6S+. The molecule has 3 aromatic heterocycles. The van der Waals surface area contributed by atoms with E-state index in [1.54, 1.807) is 32.3 Å². The van der Waals surface area contributed by atoms with Crippen LogP contribution < -0.4 is 35.1 Å². The third-order valence-corrected chi connectivity index (χ3v) is 8.02. The molecule has 2 aromatic carbocycles. The number of nitrogens with zero attached hydrogens (tertiary/aromatic N) is 4. The fraction of sp³-hybridized carbons (Fsp3) is 0.241. The van der Waals surface area contributed by atoms with Crippen LogP contribution in [0.1, 0.15) is 9.67 Å². The van der Waals surface area contributed by atoms with Gasteiger partial charge in [0.25, 0.3) is 12.1 Å². The number of hydrogen-bond donors (Lipinski definition) is 2. The Morgan fingerprint density at radius 1 is 1.02 bits per heavy atom. The van der Waals surface area contributed by atoms with Crippen LogP contribution in [-0.2, 0) is 4.74 Å². The number of methoxy groups -OCH3 is 3. The number of carbonyl (C=O) groups excluding carboxylic acids is 1. The number of hydrogen-bond acceptors (Lipinski definition) is 11. The number of aromatic nitrogens is 3. The summed E-state index contributed by atoms with van der Waals surface area (Å²) in [5.41, 5.74) is 10.1. The summed E-state index contributed by atoms with van der Waals surface area (Å²) in [4.78, 5) is 20.8. The van der Waals surface area contributed by atoms with Gasteiger partial charge in [0.1, 0.15) is 9.71 Å². The van der Waals surface area contributed by atoms with Crippen LogP contribution in [0.3, 0.4) is 0 Å². The predicted octanol–water partition coefficient (Wildman–Crippen LogP) is 3.73. The van der Waals surface area contributed by atoms with Crippen LogP contribution in [0.5, 0.6) is 17.2 Å². The smallest absolute Gasteiger partial charge is 0.306 e. The number of ether oxygens (including phenoxy) is 4. The Morgan fingerprint density at radius 2 is 1.74 bits per heavy atom. The molecule has 5 aromatic rings. The fourth-order valence-corrected chi connectivity index (χ4v) is 5.88. The standard InChI is InChI=1S/C29H28N6O6S/c1-37-21-13-18(14-22(38-2)26(21)39-3)19-15-20(17-7-5-4-6-8-17)31-29-24(19)25(30)27(42-29)28(36)32-23-16-35(33-41-23)34-9-11-40-12-10-34/h4-8,13-16H,9-12H2,1-3H3,(H2-,30,32,33,36)/p+1. The molecule has 42 heavy (non-hydrogen) atoms. The number of anilines is 2. The van der Waals surface area contributed by atoms with Crippen molar-refractivity contribution >= 4 is 39.0 Å². The summed E-state index contributed by atoms with van der Waals surface area (Å²) in [6, 6.07) is 15.4. The van der Waals surface area contributed by atoms with Crippen molar-refractivity contribution in [3.63, 3.8) is 0 Å². The van der Waals surface area contributed by atoms with Gasteiger partial charge in [-0.3, -0.25) is 14.6 Å². The van der Waals surface area contributed by atoms with Crippen molar-refractivity contribution in [3.8, 4) is 39.6 Å². The molecule has 1 fully saturated rings. The van der Waals surface area contributed by atoms with E-state index in [9.17, 15) is 4.79 Å². The lowest BCUT2D eigenvalue weighted by atomic mass is 9.98. The zero-order chi connectivity index (χ0) is 29.2. The quantitative estimate of drug-likeness (QED) is 0.258. The van der Waals surface area contributed by atoms with Crippen LogP contribution in [-0.4, -0.2) is 63.8 Å². The van der Waals surface area contributed by atoms with Crippen LogP contribution >= 0.6 is 11.3 Å². The van der Waals surface area contributed by atoms with Crippen molar-refractivity contribution in [2.45, 2.75) is 0 Å². The maximum atomic E-state index is 13.5. The first-order valence-corrected chi connectivity index (χ1v) is 13.9. The Labute approximate surface area is 245 Å². The average molecular weight is 590 g/mol. The predicted molar refractivity (Wildman–Crippen MR) is 158 cm³/mol. The summed E-state index contributed by atoms with van der Waals surface area (Å²) in [6.45, 7) is 2.50. The fourth-order valence-electron chi connectivity index (χ4n) is 4.86. The minimum Gasteiger partial charge on any atom is -0.493 e. The van der Waals surface area contributed by atoms with E-state index in [4.69, 9.17) is 34.2 Å². The van der Waals surface area contributed by atoms with Crippen LogP contribution in [0.4, 0.5) is 11.6 Å². The van der Waals surface area contributed by atoms with Gasteiger partial charge >= 0.3 is 5.88 Å². The number of pyridine rings is 1. The first-order valence-electron chi connectivity index (χ1n) is 13.1. The molecule has 1 saturated heterocycles. The number of nitrogens with two attached hydrogens (primary N) is 1. The number of morpholine rings is 1. The van der Waals surface area contributed by atoms with Gasteiger partial charge in [0.15, 0.2) is 11.5 Å². The molecule has 0 bridgehead atoms. The molecule has 0 spiro atoms. The monoisotopic (exact) mass is 589 g/mol. The first-order chi connectivity index (χ1) is 20.5. The van der Waals surface area contributed by atoms with E-state index in [0.717, 1.165) is 22.4 Å². The maximum absolute atomic E-state index is 13.5. The SMILES string of the molecule is COc1cc(-c2cc(-c3ccccc3)nc3sc(C(=O)Nc4c[n+](N5CCOCC5)no4)c(N)c23)cc(OC)c1OC. The minimum atomic E-state index is -0.433. The van der Waals surface area contributed by atoms with Crippen LogP contribution in [0.15, 0.2) is 59.3 Å². The van der Waals surface area contributed by atoms with Crippen molar-refractivity contribution in [2.75, 3.05) is 63.7 Å². The summed E-state index contributed by atoms with van der Waals surface area (Å²) in [7, 11) is 4.68. The van der Waals surface area contributed by atoms with Gasteiger partial charge in [0, 0.05) is 10.9 Å². The lowest BCUT2D eigenvalue weighted by Crippen LogP contribution is -2.62. The number of thiophene rings is 1.